The SMILES string of the molecule is CCOCC(Cc1c(Br)c(C)nn1C)NC. The van der Waals surface area contributed by atoms with E-state index in [1.165, 1.54) is 5.69 Å². The zero-order valence-electron chi connectivity index (χ0n) is 10.4. The average Bonchev–Trinajstić information content (AvgIpc) is 2.50. The van der Waals surface area contributed by atoms with Crippen LogP contribution in [-0.4, -0.2) is 36.1 Å². The Balaban J connectivity index is 2.69. The molecule has 92 valence electrons. The molecule has 0 bridgehead atoms. The van der Waals surface area contributed by atoms with E-state index in [0.29, 0.717) is 6.04 Å². The molecule has 1 N–H and O–H groups in total. The molecule has 1 unspecified atom stereocenters. The van der Waals surface area contributed by atoms with Gasteiger partial charge in [0.15, 0.2) is 0 Å². The van der Waals surface area contributed by atoms with Crippen LogP contribution in [0.1, 0.15) is 18.3 Å². The second-order valence-corrected chi connectivity index (χ2v) is 4.61. The Morgan fingerprint density at radius 3 is 2.69 bits per heavy atom. The van der Waals surface area contributed by atoms with Gasteiger partial charge < -0.3 is 10.1 Å². The number of nitrogens with zero attached hydrogens (tertiary/aromatic N) is 2. The molecule has 4 nitrogen and oxygen atoms in total. The molecule has 0 amide bonds. The van der Waals surface area contributed by atoms with Crippen molar-refractivity contribution in [2.75, 3.05) is 20.3 Å². The van der Waals surface area contributed by atoms with E-state index in [4.69, 9.17) is 4.74 Å². The summed E-state index contributed by atoms with van der Waals surface area (Å²) in [6.07, 6.45) is 0.911. The lowest BCUT2D eigenvalue weighted by atomic mass is 10.1. The zero-order valence-corrected chi connectivity index (χ0v) is 12.0. The number of halogens is 1. The first-order valence-corrected chi connectivity index (χ1v) is 6.32. The van der Waals surface area contributed by atoms with E-state index < -0.39 is 0 Å². The molecular weight excluding hydrogens is 270 g/mol. The molecule has 1 aromatic rings. The van der Waals surface area contributed by atoms with Crippen LogP contribution in [-0.2, 0) is 18.2 Å². The maximum Gasteiger partial charge on any atom is 0.0738 e. The first kappa shape index (κ1) is 13.7. The maximum atomic E-state index is 5.44. The minimum atomic E-state index is 0.325. The van der Waals surface area contributed by atoms with E-state index in [-0.39, 0.29) is 0 Å². The predicted octanol–water partition coefficient (Wildman–Crippen LogP) is 1.66. The summed E-state index contributed by atoms with van der Waals surface area (Å²) in [7, 11) is 3.93. The fourth-order valence-electron chi connectivity index (χ4n) is 1.64. The van der Waals surface area contributed by atoms with E-state index in [2.05, 4.69) is 26.3 Å². The molecule has 0 aliphatic rings. The highest BCUT2D eigenvalue weighted by Gasteiger charge is 2.15. The van der Waals surface area contributed by atoms with Crippen molar-refractivity contribution < 1.29 is 4.74 Å². The molecule has 1 aromatic heterocycles. The van der Waals surface area contributed by atoms with Crippen LogP contribution in [0.4, 0.5) is 0 Å². The number of aryl methyl sites for hydroxylation is 2. The molecular formula is C11H20BrN3O. The third kappa shape index (κ3) is 3.30. The van der Waals surface area contributed by atoms with Crippen molar-refractivity contribution in [3.05, 3.63) is 15.9 Å². The van der Waals surface area contributed by atoms with Crippen LogP contribution in [0.15, 0.2) is 4.47 Å². The van der Waals surface area contributed by atoms with E-state index in [0.717, 1.165) is 29.8 Å². The van der Waals surface area contributed by atoms with Crippen LogP contribution >= 0.6 is 15.9 Å². The topological polar surface area (TPSA) is 39.1 Å². The van der Waals surface area contributed by atoms with Gasteiger partial charge in [0.2, 0.25) is 0 Å². The summed E-state index contributed by atoms with van der Waals surface area (Å²) in [4.78, 5) is 0. The van der Waals surface area contributed by atoms with Crippen molar-refractivity contribution in [1.82, 2.24) is 15.1 Å². The minimum absolute atomic E-state index is 0.325. The van der Waals surface area contributed by atoms with Gasteiger partial charge in [-0.25, -0.2) is 0 Å². The van der Waals surface area contributed by atoms with Crippen LogP contribution < -0.4 is 5.32 Å². The molecule has 0 fully saturated rings. The highest BCUT2D eigenvalue weighted by molar-refractivity contribution is 9.10. The largest absolute Gasteiger partial charge is 0.380 e. The molecule has 5 heteroatoms. The highest BCUT2D eigenvalue weighted by atomic mass is 79.9. The average molecular weight is 290 g/mol. The van der Waals surface area contributed by atoms with Crippen LogP contribution in [0, 0.1) is 6.92 Å². The van der Waals surface area contributed by atoms with Gasteiger partial charge in [0, 0.05) is 26.1 Å². The van der Waals surface area contributed by atoms with Crippen molar-refractivity contribution in [2.45, 2.75) is 26.3 Å². The van der Waals surface area contributed by atoms with Gasteiger partial charge in [-0.05, 0) is 36.8 Å². The second-order valence-electron chi connectivity index (χ2n) is 3.82. The summed E-state index contributed by atoms with van der Waals surface area (Å²) in [5.74, 6) is 0. The molecule has 1 atom stereocenters. The smallest absolute Gasteiger partial charge is 0.0738 e. The fourth-order valence-corrected chi connectivity index (χ4v) is 2.14. The summed E-state index contributed by atoms with van der Waals surface area (Å²) in [5.41, 5.74) is 2.24. The van der Waals surface area contributed by atoms with Gasteiger partial charge in [-0.2, -0.15) is 5.10 Å². The molecule has 16 heavy (non-hydrogen) atoms. The quantitative estimate of drug-likeness (QED) is 0.866. The van der Waals surface area contributed by atoms with Gasteiger partial charge in [-0.1, -0.05) is 0 Å². The lowest BCUT2D eigenvalue weighted by molar-refractivity contribution is 0.124. The lowest BCUT2D eigenvalue weighted by Gasteiger charge is -2.16. The van der Waals surface area contributed by atoms with E-state index in [1.807, 2.05) is 32.6 Å². The Hall–Kier alpha value is -0.390. The predicted molar refractivity (Wildman–Crippen MR) is 68.7 cm³/mol. The van der Waals surface area contributed by atoms with Crippen molar-refractivity contribution >= 4 is 15.9 Å². The molecule has 0 spiro atoms. The number of rotatable bonds is 6. The number of aromatic nitrogens is 2. The number of hydrogen-bond donors (Lipinski definition) is 1. The van der Waals surface area contributed by atoms with E-state index in [1.54, 1.807) is 0 Å². The number of nitrogens with one attached hydrogen (secondary N) is 1. The van der Waals surface area contributed by atoms with E-state index in [9.17, 15) is 0 Å². The van der Waals surface area contributed by atoms with Gasteiger partial charge in [0.05, 0.1) is 22.5 Å². The summed E-state index contributed by atoms with van der Waals surface area (Å²) in [5, 5.41) is 7.64. The summed E-state index contributed by atoms with van der Waals surface area (Å²) >= 11 is 3.57. The second kappa shape index (κ2) is 6.37. The third-order valence-corrected chi connectivity index (χ3v) is 3.66. The molecule has 0 aromatic carbocycles. The standard InChI is InChI=1S/C11H20BrN3O/c1-5-16-7-9(13-3)6-10-11(12)8(2)14-15(10)4/h9,13H,5-7H2,1-4H3. The Morgan fingerprint density at radius 1 is 1.56 bits per heavy atom. The monoisotopic (exact) mass is 289 g/mol. The molecule has 0 saturated heterocycles. The van der Waals surface area contributed by atoms with Crippen LogP contribution in [0.3, 0.4) is 0 Å². The highest BCUT2D eigenvalue weighted by Crippen LogP contribution is 2.21. The third-order valence-electron chi connectivity index (χ3n) is 2.63. The van der Waals surface area contributed by atoms with Gasteiger partial charge >= 0.3 is 0 Å². The molecule has 0 radical (unpaired) electrons. The number of ether oxygens (including phenoxy) is 1. The van der Waals surface area contributed by atoms with Crippen molar-refractivity contribution in [1.29, 1.82) is 0 Å². The molecule has 1 rings (SSSR count). The Bertz CT molecular complexity index is 338. The zero-order chi connectivity index (χ0) is 12.1. The summed E-state index contributed by atoms with van der Waals surface area (Å²) in [6.45, 7) is 5.49. The van der Waals surface area contributed by atoms with Gasteiger partial charge in [-0.15, -0.1) is 0 Å². The van der Waals surface area contributed by atoms with Crippen molar-refractivity contribution in [3.63, 3.8) is 0 Å². The normalized spacial score (nSPS) is 13.1. The van der Waals surface area contributed by atoms with Crippen molar-refractivity contribution in [2.24, 2.45) is 7.05 Å². The number of likely N-dealkylation sites (N-methyl/N-ethyl adjacent to an activating group) is 1. The summed E-state index contributed by atoms with van der Waals surface area (Å²) in [6, 6.07) is 0.325. The van der Waals surface area contributed by atoms with Crippen LogP contribution in [0.5, 0.6) is 0 Å². The van der Waals surface area contributed by atoms with Gasteiger partial charge in [0.1, 0.15) is 0 Å². The molecule has 0 aliphatic heterocycles. The maximum absolute atomic E-state index is 5.44. The van der Waals surface area contributed by atoms with Crippen LogP contribution in [0.2, 0.25) is 0 Å². The first-order valence-electron chi connectivity index (χ1n) is 5.53. The Morgan fingerprint density at radius 2 is 2.25 bits per heavy atom. The van der Waals surface area contributed by atoms with Gasteiger partial charge in [0.25, 0.3) is 0 Å². The molecule has 0 saturated carbocycles. The number of hydrogen-bond acceptors (Lipinski definition) is 3. The summed E-state index contributed by atoms with van der Waals surface area (Å²) < 4.78 is 8.47. The first-order chi connectivity index (χ1) is 7.60. The Labute approximate surface area is 105 Å². The van der Waals surface area contributed by atoms with E-state index >= 15 is 0 Å². The van der Waals surface area contributed by atoms with Crippen molar-refractivity contribution in [3.8, 4) is 0 Å². The molecule has 1 heterocycles. The van der Waals surface area contributed by atoms with Crippen LogP contribution in [0.25, 0.3) is 0 Å². The minimum Gasteiger partial charge on any atom is -0.380 e. The fraction of sp³-hybridized carbons (Fsp3) is 0.727. The molecule has 0 aliphatic carbocycles. The Kier molecular flexibility index (Phi) is 5.44. The lowest BCUT2D eigenvalue weighted by Crippen LogP contribution is -2.33. The van der Waals surface area contributed by atoms with Gasteiger partial charge in [-0.3, -0.25) is 4.68 Å².